The van der Waals surface area contributed by atoms with E-state index >= 15 is 0 Å². The monoisotopic (exact) mass is 432 g/mol. The molecule has 0 radical (unpaired) electrons. The third kappa shape index (κ3) is 5.65. The van der Waals surface area contributed by atoms with Crippen LogP contribution in [0.4, 0.5) is 5.69 Å². The maximum Gasteiger partial charge on any atom is 0.234 e. The van der Waals surface area contributed by atoms with Gasteiger partial charge >= 0.3 is 0 Å². The summed E-state index contributed by atoms with van der Waals surface area (Å²) in [6.45, 7) is 2.20. The molecule has 0 unspecified atom stereocenters. The number of rotatable bonds is 8. The first-order chi connectivity index (χ1) is 14.0. The van der Waals surface area contributed by atoms with Gasteiger partial charge in [0.05, 0.1) is 12.9 Å². The van der Waals surface area contributed by atoms with Crippen LogP contribution >= 0.6 is 23.4 Å². The van der Waals surface area contributed by atoms with Gasteiger partial charge in [0.2, 0.25) is 5.91 Å². The van der Waals surface area contributed by atoms with Crippen LogP contribution in [-0.2, 0) is 18.4 Å². The number of hydrogen-bond acceptors (Lipinski definition) is 6. The number of nitrogens with one attached hydrogen (secondary N) is 1. The van der Waals surface area contributed by atoms with Crippen LogP contribution in [0.15, 0.2) is 47.6 Å². The van der Waals surface area contributed by atoms with E-state index in [1.54, 1.807) is 37.4 Å². The Morgan fingerprint density at radius 3 is 2.66 bits per heavy atom. The largest absolute Gasteiger partial charge is 0.497 e. The molecule has 0 aliphatic heterocycles. The highest BCUT2D eigenvalue weighted by Gasteiger charge is 2.13. The minimum atomic E-state index is -0.127. The SMILES string of the molecule is COc1ccc(NC(=O)CSc2nnc(COc3ccc(Cl)cc3C)n2C)cc1. The third-order valence-corrected chi connectivity index (χ3v) is 5.38. The molecule has 0 spiro atoms. The summed E-state index contributed by atoms with van der Waals surface area (Å²) >= 11 is 7.27. The zero-order valence-electron chi connectivity index (χ0n) is 16.3. The Morgan fingerprint density at radius 1 is 1.21 bits per heavy atom. The van der Waals surface area contributed by atoms with Crippen molar-refractivity contribution in [3.63, 3.8) is 0 Å². The molecule has 0 aliphatic rings. The van der Waals surface area contributed by atoms with Gasteiger partial charge in [-0.25, -0.2) is 0 Å². The molecule has 3 rings (SSSR count). The van der Waals surface area contributed by atoms with Crippen molar-refractivity contribution in [1.29, 1.82) is 0 Å². The van der Waals surface area contributed by atoms with E-state index in [1.165, 1.54) is 11.8 Å². The lowest BCUT2D eigenvalue weighted by Crippen LogP contribution is -2.14. The molecule has 1 aromatic heterocycles. The fourth-order valence-electron chi connectivity index (χ4n) is 2.52. The highest BCUT2D eigenvalue weighted by Crippen LogP contribution is 2.23. The lowest BCUT2D eigenvalue weighted by Gasteiger charge is -2.09. The van der Waals surface area contributed by atoms with Crippen molar-refractivity contribution in [2.24, 2.45) is 7.05 Å². The van der Waals surface area contributed by atoms with Gasteiger partial charge in [0, 0.05) is 17.8 Å². The standard InChI is InChI=1S/C20H21ClN4O3S/c1-13-10-14(21)4-9-17(13)28-11-18-23-24-20(25(18)2)29-12-19(26)22-15-5-7-16(27-3)8-6-15/h4-10H,11-12H2,1-3H3,(H,22,26). The van der Waals surface area contributed by atoms with Gasteiger partial charge in [0.15, 0.2) is 11.0 Å². The predicted molar refractivity (Wildman–Crippen MR) is 114 cm³/mol. The number of ether oxygens (including phenoxy) is 2. The molecule has 7 nitrogen and oxygen atoms in total. The highest BCUT2D eigenvalue weighted by atomic mass is 35.5. The van der Waals surface area contributed by atoms with Crippen LogP contribution in [0, 0.1) is 6.92 Å². The van der Waals surface area contributed by atoms with E-state index in [1.807, 2.05) is 30.7 Å². The van der Waals surface area contributed by atoms with Crippen LogP contribution in [0.1, 0.15) is 11.4 Å². The maximum absolute atomic E-state index is 12.2. The molecule has 0 saturated heterocycles. The zero-order chi connectivity index (χ0) is 20.8. The number of carbonyl (C=O) groups excluding carboxylic acids is 1. The second-order valence-corrected chi connectivity index (χ2v) is 7.60. The summed E-state index contributed by atoms with van der Waals surface area (Å²) in [5, 5.41) is 12.4. The first-order valence-corrected chi connectivity index (χ1v) is 10.2. The van der Waals surface area contributed by atoms with Crippen LogP contribution in [0.2, 0.25) is 5.02 Å². The van der Waals surface area contributed by atoms with Gasteiger partial charge in [-0.2, -0.15) is 0 Å². The van der Waals surface area contributed by atoms with Crippen molar-refractivity contribution in [2.75, 3.05) is 18.2 Å². The van der Waals surface area contributed by atoms with Crippen molar-refractivity contribution in [3.8, 4) is 11.5 Å². The Hall–Kier alpha value is -2.71. The van der Waals surface area contributed by atoms with Gasteiger partial charge in [-0.3, -0.25) is 4.79 Å². The molecular weight excluding hydrogens is 412 g/mol. The number of aromatic nitrogens is 3. The van der Waals surface area contributed by atoms with Gasteiger partial charge in [0.25, 0.3) is 0 Å². The van der Waals surface area contributed by atoms with Gasteiger partial charge in [0.1, 0.15) is 18.1 Å². The lowest BCUT2D eigenvalue weighted by atomic mass is 10.2. The lowest BCUT2D eigenvalue weighted by molar-refractivity contribution is -0.113. The Morgan fingerprint density at radius 2 is 1.97 bits per heavy atom. The smallest absolute Gasteiger partial charge is 0.234 e. The summed E-state index contributed by atoms with van der Waals surface area (Å²) in [5.41, 5.74) is 1.66. The summed E-state index contributed by atoms with van der Waals surface area (Å²) in [7, 11) is 3.44. The van der Waals surface area contributed by atoms with Gasteiger partial charge in [-0.15, -0.1) is 10.2 Å². The van der Waals surface area contributed by atoms with Crippen molar-refractivity contribution >= 4 is 35.0 Å². The Balaban J connectivity index is 1.52. The Bertz CT molecular complexity index is 992. The van der Waals surface area contributed by atoms with E-state index in [0.29, 0.717) is 21.7 Å². The molecule has 0 saturated carbocycles. The van der Waals surface area contributed by atoms with Crippen LogP contribution in [0.5, 0.6) is 11.5 Å². The quantitative estimate of drug-likeness (QED) is 0.540. The van der Waals surface area contributed by atoms with Crippen molar-refractivity contribution < 1.29 is 14.3 Å². The van der Waals surface area contributed by atoms with E-state index in [0.717, 1.165) is 17.1 Å². The number of benzene rings is 2. The van der Waals surface area contributed by atoms with Crippen LogP contribution in [-0.4, -0.2) is 33.5 Å². The average Bonchev–Trinajstić information content (AvgIpc) is 3.06. The number of aryl methyl sites for hydroxylation is 1. The fourth-order valence-corrected chi connectivity index (χ4v) is 3.47. The summed E-state index contributed by atoms with van der Waals surface area (Å²) < 4.78 is 12.7. The van der Waals surface area contributed by atoms with Crippen LogP contribution < -0.4 is 14.8 Å². The average molecular weight is 433 g/mol. The molecule has 0 fully saturated rings. The summed E-state index contributed by atoms with van der Waals surface area (Å²) in [5.74, 6) is 2.23. The van der Waals surface area contributed by atoms with E-state index in [4.69, 9.17) is 21.1 Å². The molecule has 9 heteroatoms. The van der Waals surface area contributed by atoms with Gasteiger partial charge < -0.3 is 19.4 Å². The van der Waals surface area contributed by atoms with Gasteiger partial charge in [-0.05, 0) is 55.0 Å². The minimum absolute atomic E-state index is 0.127. The Kier molecular flexibility index (Phi) is 7.00. The molecule has 0 aliphatic carbocycles. The van der Waals surface area contributed by atoms with Crippen LogP contribution in [0.25, 0.3) is 0 Å². The number of amides is 1. The first-order valence-electron chi connectivity index (χ1n) is 8.80. The molecule has 2 aromatic carbocycles. The molecule has 152 valence electrons. The highest BCUT2D eigenvalue weighted by molar-refractivity contribution is 7.99. The van der Waals surface area contributed by atoms with E-state index in [-0.39, 0.29) is 18.3 Å². The van der Waals surface area contributed by atoms with Crippen molar-refractivity contribution in [3.05, 3.63) is 58.9 Å². The first kappa shape index (κ1) is 21.0. The van der Waals surface area contributed by atoms with Gasteiger partial charge in [-0.1, -0.05) is 23.4 Å². The number of nitrogens with zero attached hydrogens (tertiary/aromatic N) is 3. The summed E-state index contributed by atoms with van der Waals surface area (Å²) in [6.07, 6.45) is 0. The molecule has 1 amide bonds. The third-order valence-electron chi connectivity index (χ3n) is 4.12. The molecule has 0 atom stereocenters. The number of anilines is 1. The number of thioether (sulfide) groups is 1. The predicted octanol–water partition coefficient (Wildman–Crippen LogP) is 4.10. The number of methoxy groups -OCH3 is 1. The van der Waals surface area contributed by atoms with Crippen molar-refractivity contribution in [1.82, 2.24) is 14.8 Å². The minimum Gasteiger partial charge on any atom is -0.497 e. The van der Waals surface area contributed by atoms with Crippen molar-refractivity contribution in [2.45, 2.75) is 18.7 Å². The molecule has 0 bridgehead atoms. The Labute approximate surface area is 178 Å². The maximum atomic E-state index is 12.2. The number of halogens is 1. The molecular formula is C20H21ClN4O3S. The summed E-state index contributed by atoms with van der Waals surface area (Å²) in [4.78, 5) is 12.2. The topological polar surface area (TPSA) is 78.3 Å². The normalized spacial score (nSPS) is 10.6. The second kappa shape index (κ2) is 9.67. The zero-order valence-corrected chi connectivity index (χ0v) is 17.9. The molecule has 3 aromatic rings. The number of carbonyl (C=O) groups is 1. The fraction of sp³-hybridized carbons (Fsp3) is 0.250. The van der Waals surface area contributed by atoms with E-state index in [2.05, 4.69) is 15.5 Å². The number of hydrogen-bond donors (Lipinski definition) is 1. The molecule has 1 N–H and O–H groups in total. The molecule has 1 heterocycles. The van der Waals surface area contributed by atoms with E-state index in [9.17, 15) is 4.79 Å². The second-order valence-electron chi connectivity index (χ2n) is 6.22. The van der Waals surface area contributed by atoms with Crippen LogP contribution in [0.3, 0.4) is 0 Å². The summed E-state index contributed by atoms with van der Waals surface area (Å²) in [6, 6.07) is 12.6. The molecule has 29 heavy (non-hydrogen) atoms. The van der Waals surface area contributed by atoms with E-state index < -0.39 is 0 Å².